The standard InChI is InChI=1S/C29H42N2O8/c1-16(32)38-19-13-28(2)18(9-10-20(28)33)22-24(19)29(3)21(15-37-7)39-27(36)17(23(29)26(35)25(22)34)14-31(6)12-8-11-30(4)5/h18-21,33H,8-15H2,1-7H3. The molecule has 0 aromatic heterocycles. The number of hydrogen-bond donors (Lipinski definition) is 1. The second-order valence-electron chi connectivity index (χ2n) is 12.2. The Kier molecular flexibility index (Phi) is 8.25. The molecule has 0 aromatic rings. The highest BCUT2D eigenvalue weighted by molar-refractivity contribution is 6.51. The van der Waals surface area contributed by atoms with Crippen molar-refractivity contribution in [2.75, 3.05) is 54.5 Å². The maximum absolute atomic E-state index is 14.0. The fraction of sp³-hybridized carbons (Fsp3) is 0.724. The van der Waals surface area contributed by atoms with Crippen molar-refractivity contribution in [3.8, 4) is 0 Å². The van der Waals surface area contributed by atoms with E-state index < -0.39 is 52.6 Å². The highest BCUT2D eigenvalue weighted by atomic mass is 16.6. The molecule has 1 fully saturated rings. The Morgan fingerprint density at radius 1 is 1.10 bits per heavy atom. The summed E-state index contributed by atoms with van der Waals surface area (Å²) in [5.41, 5.74) is -0.883. The average Bonchev–Trinajstić information content (AvgIpc) is 3.13. The molecular weight excluding hydrogens is 504 g/mol. The van der Waals surface area contributed by atoms with Crippen LogP contribution in [0.4, 0.5) is 0 Å². The van der Waals surface area contributed by atoms with Crippen LogP contribution in [0.15, 0.2) is 22.3 Å². The summed E-state index contributed by atoms with van der Waals surface area (Å²) < 4.78 is 17.2. The van der Waals surface area contributed by atoms with E-state index >= 15 is 0 Å². The number of esters is 2. The van der Waals surface area contributed by atoms with Gasteiger partial charge in [0.25, 0.3) is 0 Å². The molecule has 216 valence electrons. The fourth-order valence-electron chi connectivity index (χ4n) is 7.34. The molecule has 3 aliphatic carbocycles. The van der Waals surface area contributed by atoms with Crippen LogP contribution in [0.25, 0.3) is 0 Å². The highest BCUT2D eigenvalue weighted by Gasteiger charge is 2.65. The summed E-state index contributed by atoms with van der Waals surface area (Å²) in [5.74, 6) is -2.95. The summed E-state index contributed by atoms with van der Waals surface area (Å²) in [6.07, 6.45) is -0.299. The van der Waals surface area contributed by atoms with E-state index in [4.69, 9.17) is 14.2 Å². The normalized spacial score (nSPS) is 34.4. The van der Waals surface area contributed by atoms with E-state index in [-0.39, 0.29) is 30.2 Å². The molecule has 1 aliphatic heterocycles. The van der Waals surface area contributed by atoms with Gasteiger partial charge in [0.2, 0.25) is 11.6 Å². The van der Waals surface area contributed by atoms with Crippen LogP contribution in [0.1, 0.15) is 46.5 Å². The molecule has 1 saturated carbocycles. The predicted octanol–water partition coefficient (Wildman–Crippen LogP) is 1.31. The van der Waals surface area contributed by atoms with Crippen molar-refractivity contribution >= 4 is 23.5 Å². The SMILES string of the molecule is COCC1OC(=O)C(CN(C)CCCN(C)C)=C2C(=O)C(=O)C3=C(C(OC(C)=O)CC4(C)C(O)CCC34)C21C. The summed E-state index contributed by atoms with van der Waals surface area (Å²) in [4.78, 5) is 57.7. The zero-order chi connectivity index (χ0) is 28.9. The van der Waals surface area contributed by atoms with Gasteiger partial charge in [-0.15, -0.1) is 0 Å². The minimum atomic E-state index is -1.24. The van der Waals surface area contributed by atoms with Crippen LogP contribution in [0.3, 0.4) is 0 Å². The minimum Gasteiger partial charge on any atom is -0.458 e. The second kappa shape index (κ2) is 10.9. The first-order chi connectivity index (χ1) is 18.3. The molecule has 0 aromatic carbocycles. The van der Waals surface area contributed by atoms with Crippen LogP contribution in [-0.2, 0) is 33.4 Å². The Bertz CT molecular complexity index is 1130. The summed E-state index contributed by atoms with van der Waals surface area (Å²) in [5, 5.41) is 10.9. The number of nitrogens with zero attached hydrogens (tertiary/aromatic N) is 2. The van der Waals surface area contributed by atoms with Crippen LogP contribution in [0.5, 0.6) is 0 Å². The molecule has 6 unspecified atom stereocenters. The van der Waals surface area contributed by atoms with Gasteiger partial charge in [0.1, 0.15) is 12.2 Å². The Labute approximate surface area is 230 Å². The molecule has 4 aliphatic rings. The van der Waals surface area contributed by atoms with Gasteiger partial charge in [0, 0.05) is 37.1 Å². The lowest BCUT2D eigenvalue weighted by atomic mass is 9.52. The number of fused-ring (bicyclic) bond motifs is 4. The van der Waals surface area contributed by atoms with Crippen LogP contribution in [0, 0.1) is 16.7 Å². The third-order valence-corrected chi connectivity index (χ3v) is 9.27. The van der Waals surface area contributed by atoms with Crippen molar-refractivity contribution < 1.29 is 38.5 Å². The molecule has 1 N–H and O–H groups in total. The van der Waals surface area contributed by atoms with Crippen molar-refractivity contribution in [1.82, 2.24) is 9.80 Å². The second-order valence-corrected chi connectivity index (χ2v) is 12.2. The van der Waals surface area contributed by atoms with E-state index in [1.807, 2.05) is 33.0 Å². The quantitative estimate of drug-likeness (QED) is 0.334. The number of Topliss-reactive ketones (excluding diaryl/α,β-unsaturated/α-hetero) is 2. The van der Waals surface area contributed by atoms with Crippen molar-refractivity contribution in [2.45, 2.75) is 64.8 Å². The van der Waals surface area contributed by atoms with Gasteiger partial charge in [-0.05, 0) is 78.3 Å². The molecule has 39 heavy (non-hydrogen) atoms. The Morgan fingerprint density at radius 2 is 1.79 bits per heavy atom. The van der Waals surface area contributed by atoms with Gasteiger partial charge in [-0.1, -0.05) is 6.92 Å². The molecule has 1 heterocycles. The Hall–Kier alpha value is -2.40. The van der Waals surface area contributed by atoms with Crippen molar-refractivity contribution in [2.24, 2.45) is 16.7 Å². The first-order valence-corrected chi connectivity index (χ1v) is 13.7. The van der Waals surface area contributed by atoms with Gasteiger partial charge in [-0.2, -0.15) is 0 Å². The van der Waals surface area contributed by atoms with E-state index in [0.717, 1.165) is 13.0 Å². The molecule has 0 bridgehead atoms. The number of allylic oxidation sites excluding steroid dienone is 1. The number of likely N-dealkylation sites (N-methyl/N-ethyl adjacent to an activating group) is 1. The van der Waals surface area contributed by atoms with E-state index in [1.54, 1.807) is 6.92 Å². The number of hydrogen-bond acceptors (Lipinski definition) is 10. The average molecular weight is 547 g/mol. The number of carbonyl (C=O) groups excluding carboxylic acids is 4. The smallest absolute Gasteiger partial charge is 0.336 e. The third-order valence-electron chi connectivity index (χ3n) is 9.27. The fourth-order valence-corrected chi connectivity index (χ4v) is 7.34. The number of aliphatic hydroxyl groups is 1. The number of ether oxygens (including phenoxy) is 3. The van der Waals surface area contributed by atoms with Gasteiger partial charge < -0.3 is 29.1 Å². The van der Waals surface area contributed by atoms with Crippen LogP contribution in [0.2, 0.25) is 0 Å². The summed E-state index contributed by atoms with van der Waals surface area (Å²) in [6.45, 7) is 6.65. The summed E-state index contributed by atoms with van der Waals surface area (Å²) in [6, 6.07) is 0. The lowest BCUT2D eigenvalue weighted by Crippen LogP contribution is -2.59. The molecule has 4 rings (SSSR count). The molecule has 10 nitrogen and oxygen atoms in total. The number of aliphatic hydroxyl groups excluding tert-OH is 1. The lowest BCUT2D eigenvalue weighted by Gasteiger charge is -2.54. The molecular formula is C29H42N2O8. The molecule has 0 amide bonds. The van der Waals surface area contributed by atoms with Gasteiger partial charge in [0.15, 0.2) is 0 Å². The Morgan fingerprint density at radius 3 is 2.41 bits per heavy atom. The summed E-state index contributed by atoms with van der Waals surface area (Å²) in [7, 11) is 7.32. The van der Waals surface area contributed by atoms with Crippen LogP contribution < -0.4 is 0 Å². The number of methoxy groups -OCH3 is 1. The zero-order valence-electron chi connectivity index (χ0n) is 24.2. The minimum absolute atomic E-state index is 0.00665. The maximum Gasteiger partial charge on any atom is 0.336 e. The highest BCUT2D eigenvalue weighted by Crippen LogP contribution is 2.62. The topological polar surface area (TPSA) is 123 Å². The first-order valence-electron chi connectivity index (χ1n) is 13.7. The number of ketones is 2. The number of cyclic esters (lactones) is 1. The molecule has 0 radical (unpaired) electrons. The summed E-state index contributed by atoms with van der Waals surface area (Å²) >= 11 is 0. The van der Waals surface area contributed by atoms with E-state index in [2.05, 4.69) is 4.90 Å². The van der Waals surface area contributed by atoms with Crippen LogP contribution in [-0.4, -0.2) is 111 Å². The van der Waals surface area contributed by atoms with E-state index in [9.17, 15) is 24.3 Å². The monoisotopic (exact) mass is 546 g/mol. The van der Waals surface area contributed by atoms with E-state index in [1.165, 1.54) is 14.0 Å². The first kappa shape index (κ1) is 29.6. The molecule has 6 atom stereocenters. The largest absolute Gasteiger partial charge is 0.458 e. The van der Waals surface area contributed by atoms with Gasteiger partial charge >= 0.3 is 11.9 Å². The third kappa shape index (κ3) is 4.90. The van der Waals surface area contributed by atoms with Crippen molar-refractivity contribution in [3.05, 3.63) is 22.3 Å². The Balaban J connectivity index is 1.91. The molecule has 0 spiro atoms. The number of rotatable bonds is 9. The van der Waals surface area contributed by atoms with Gasteiger partial charge in [-0.3, -0.25) is 14.4 Å². The zero-order valence-corrected chi connectivity index (χ0v) is 24.2. The molecule has 10 heteroatoms. The molecule has 0 saturated heterocycles. The van der Waals surface area contributed by atoms with E-state index in [0.29, 0.717) is 37.0 Å². The van der Waals surface area contributed by atoms with Crippen LogP contribution >= 0.6 is 0 Å². The predicted molar refractivity (Wildman–Crippen MR) is 142 cm³/mol. The maximum atomic E-state index is 14.0. The van der Waals surface area contributed by atoms with Crippen molar-refractivity contribution in [3.63, 3.8) is 0 Å². The van der Waals surface area contributed by atoms with Gasteiger partial charge in [0.05, 0.1) is 23.7 Å². The van der Waals surface area contributed by atoms with Gasteiger partial charge in [-0.25, -0.2) is 4.79 Å². The van der Waals surface area contributed by atoms with Crippen molar-refractivity contribution in [1.29, 1.82) is 0 Å². The number of carbonyl (C=O) groups is 4. The lowest BCUT2D eigenvalue weighted by molar-refractivity contribution is -0.162.